The molecule has 1 amide bonds. The summed E-state index contributed by atoms with van der Waals surface area (Å²) in [6.07, 6.45) is 0.891. The minimum atomic E-state index is -1.15. The van der Waals surface area contributed by atoms with E-state index in [4.69, 9.17) is 5.11 Å². The molecule has 1 aliphatic rings. The number of carbonyl (C=O) groups is 2. The molecule has 0 aromatic heterocycles. The molecule has 0 bridgehead atoms. The molecule has 1 aromatic rings. The molecule has 0 unspecified atom stereocenters. The quantitative estimate of drug-likeness (QED) is 0.797. The second kappa shape index (κ2) is 4.44. The zero-order valence-corrected chi connectivity index (χ0v) is 10.6. The van der Waals surface area contributed by atoms with Crippen molar-refractivity contribution in [1.82, 2.24) is 5.32 Å². The van der Waals surface area contributed by atoms with Crippen molar-refractivity contribution < 1.29 is 14.7 Å². The van der Waals surface area contributed by atoms with Crippen LogP contribution in [0.1, 0.15) is 29.5 Å². The summed E-state index contributed by atoms with van der Waals surface area (Å²) in [5.41, 5.74) is 2.21. The van der Waals surface area contributed by atoms with Crippen molar-refractivity contribution in [3.63, 3.8) is 0 Å². The van der Waals surface area contributed by atoms with E-state index in [0.29, 0.717) is 19.4 Å². The molecule has 18 heavy (non-hydrogen) atoms. The first-order valence-corrected chi connectivity index (χ1v) is 6.03. The normalized spacial score (nSPS) is 16.1. The van der Waals surface area contributed by atoms with Crippen LogP contribution in [0.4, 0.5) is 0 Å². The van der Waals surface area contributed by atoms with E-state index in [1.165, 1.54) is 11.1 Å². The van der Waals surface area contributed by atoms with Gasteiger partial charge in [0, 0.05) is 6.54 Å². The van der Waals surface area contributed by atoms with Gasteiger partial charge in [-0.25, -0.2) is 0 Å². The van der Waals surface area contributed by atoms with E-state index in [-0.39, 0.29) is 5.91 Å². The number of nitrogens with one attached hydrogen (secondary N) is 1. The van der Waals surface area contributed by atoms with E-state index in [9.17, 15) is 9.59 Å². The summed E-state index contributed by atoms with van der Waals surface area (Å²) in [6, 6.07) is 5.96. The lowest BCUT2D eigenvalue weighted by Gasteiger charge is -2.11. The Hall–Kier alpha value is -1.84. The average molecular weight is 247 g/mol. The van der Waals surface area contributed by atoms with Crippen LogP contribution >= 0.6 is 0 Å². The van der Waals surface area contributed by atoms with E-state index >= 15 is 0 Å². The van der Waals surface area contributed by atoms with Gasteiger partial charge in [0.25, 0.3) is 0 Å². The van der Waals surface area contributed by atoms with Gasteiger partial charge in [0.05, 0.1) is 0 Å². The van der Waals surface area contributed by atoms with Crippen LogP contribution in [-0.2, 0) is 16.1 Å². The smallest absolute Gasteiger partial charge is 0.319 e. The molecule has 1 aromatic carbocycles. The molecular weight excluding hydrogens is 230 g/mol. The van der Waals surface area contributed by atoms with Crippen LogP contribution < -0.4 is 5.32 Å². The Kier molecular flexibility index (Phi) is 3.11. The molecule has 0 atom stereocenters. The highest BCUT2D eigenvalue weighted by atomic mass is 16.4. The van der Waals surface area contributed by atoms with Crippen LogP contribution in [0.3, 0.4) is 0 Å². The minimum Gasteiger partial charge on any atom is -0.480 e. The van der Waals surface area contributed by atoms with Gasteiger partial charge in [-0.2, -0.15) is 0 Å². The first kappa shape index (κ1) is 12.6. The fourth-order valence-corrected chi connectivity index (χ4v) is 1.93. The predicted octanol–water partition coefficient (Wildman–Crippen LogP) is 1.78. The molecule has 2 rings (SSSR count). The molecule has 4 nitrogen and oxygen atoms in total. The molecule has 0 heterocycles. The highest BCUT2D eigenvalue weighted by molar-refractivity contribution is 6.04. The second-order valence-electron chi connectivity index (χ2n) is 4.99. The van der Waals surface area contributed by atoms with Gasteiger partial charge in [-0.05, 0) is 43.4 Å². The largest absolute Gasteiger partial charge is 0.480 e. The molecule has 0 aliphatic heterocycles. The monoisotopic (exact) mass is 247 g/mol. The highest BCUT2D eigenvalue weighted by Gasteiger charge is 2.56. The minimum absolute atomic E-state index is 0.367. The molecule has 0 radical (unpaired) electrons. The van der Waals surface area contributed by atoms with Crippen LogP contribution in [-0.4, -0.2) is 17.0 Å². The summed E-state index contributed by atoms with van der Waals surface area (Å²) in [6.45, 7) is 4.43. The summed E-state index contributed by atoms with van der Waals surface area (Å²) in [7, 11) is 0. The van der Waals surface area contributed by atoms with E-state index in [2.05, 4.69) is 5.32 Å². The van der Waals surface area contributed by atoms with Crippen molar-refractivity contribution in [3.8, 4) is 0 Å². The lowest BCUT2D eigenvalue weighted by molar-refractivity contribution is -0.149. The third-order valence-electron chi connectivity index (χ3n) is 3.62. The van der Waals surface area contributed by atoms with Gasteiger partial charge in [0.1, 0.15) is 5.41 Å². The van der Waals surface area contributed by atoms with Crippen LogP contribution in [0.2, 0.25) is 0 Å². The first-order valence-electron chi connectivity index (χ1n) is 6.03. The lowest BCUT2D eigenvalue weighted by atomic mass is 10.0. The van der Waals surface area contributed by atoms with E-state index in [1.54, 1.807) is 0 Å². The summed E-state index contributed by atoms with van der Waals surface area (Å²) in [5.74, 6) is -1.38. The number of carboxylic acids is 1. The number of aryl methyl sites for hydroxylation is 2. The number of aliphatic carboxylic acids is 1. The number of amides is 1. The molecule has 96 valence electrons. The number of hydrogen-bond acceptors (Lipinski definition) is 2. The Morgan fingerprint density at radius 1 is 1.28 bits per heavy atom. The van der Waals surface area contributed by atoms with Crippen molar-refractivity contribution in [3.05, 3.63) is 34.9 Å². The number of carboxylic acid groups (broad SMARTS) is 1. The van der Waals surface area contributed by atoms with Crippen LogP contribution in [0.5, 0.6) is 0 Å². The Labute approximate surface area is 106 Å². The number of hydrogen-bond donors (Lipinski definition) is 2. The fourth-order valence-electron chi connectivity index (χ4n) is 1.93. The summed E-state index contributed by atoms with van der Waals surface area (Å²) >= 11 is 0. The average Bonchev–Trinajstić information content (AvgIpc) is 3.11. The van der Waals surface area contributed by atoms with Crippen LogP contribution in [0.25, 0.3) is 0 Å². The topological polar surface area (TPSA) is 66.4 Å². The SMILES string of the molecule is Cc1ccc(CNC(=O)C2(C(=O)O)CC2)cc1C. The van der Waals surface area contributed by atoms with Crippen molar-refractivity contribution in [2.45, 2.75) is 33.2 Å². The predicted molar refractivity (Wildman–Crippen MR) is 67.1 cm³/mol. The molecular formula is C14H17NO3. The summed E-state index contributed by atoms with van der Waals surface area (Å²) in [4.78, 5) is 22.8. The zero-order valence-electron chi connectivity index (χ0n) is 10.6. The number of rotatable bonds is 4. The molecule has 1 saturated carbocycles. The number of carbonyl (C=O) groups excluding carboxylic acids is 1. The van der Waals surface area contributed by atoms with Gasteiger partial charge in [-0.1, -0.05) is 18.2 Å². The molecule has 0 saturated heterocycles. The van der Waals surface area contributed by atoms with E-state index in [0.717, 1.165) is 5.56 Å². The fraction of sp³-hybridized carbons (Fsp3) is 0.429. The Morgan fingerprint density at radius 2 is 1.94 bits per heavy atom. The molecule has 0 spiro atoms. The Balaban J connectivity index is 1.98. The summed E-state index contributed by atoms with van der Waals surface area (Å²) in [5, 5.41) is 11.7. The van der Waals surface area contributed by atoms with Crippen molar-refractivity contribution in [1.29, 1.82) is 0 Å². The summed E-state index contributed by atoms with van der Waals surface area (Å²) < 4.78 is 0. The van der Waals surface area contributed by atoms with Crippen LogP contribution in [0.15, 0.2) is 18.2 Å². The standard InChI is InChI=1S/C14H17NO3/c1-9-3-4-11(7-10(9)2)8-15-12(16)14(5-6-14)13(17)18/h3-4,7H,5-6,8H2,1-2H3,(H,15,16)(H,17,18). The van der Waals surface area contributed by atoms with Gasteiger partial charge in [0.15, 0.2) is 0 Å². The van der Waals surface area contributed by atoms with Gasteiger partial charge < -0.3 is 10.4 Å². The first-order chi connectivity index (χ1) is 8.45. The van der Waals surface area contributed by atoms with Gasteiger partial charge in [0.2, 0.25) is 5.91 Å². The molecule has 1 fully saturated rings. The van der Waals surface area contributed by atoms with Crippen molar-refractivity contribution >= 4 is 11.9 Å². The number of benzene rings is 1. The third kappa shape index (κ3) is 2.23. The molecule has 1 aliphatic carbocycles. The lowest BCUT2D eigenvalue weighted by Crippen LogP contribution is -2.36. The van der Waals surface area contributed by atoms with Gasteiger partial charge >= 0.3 is 5.97 Å². The Bertz CT molecular complexity index is 504. The van der Waals surface area contributed by atoms with Crippen molar-refractivity contribution in [2.75, 3.05) is 0 Å². The van der Waals surface area contributed by atoms with E-state index < -0.39 is 11.4 Å². The maximum atomic E-state index is 11.8. The van der Waals surface area contributed by atoms with Crippen molar-refractivity contribution in [2.24, 2.45) is 5.41 Å². The Morgan fingerprint density at radius 3 is 2.44 bits per heavy atom. The third-order valence-corrected chi connectivity index (χ3v) is 3.62. The van der Waals surface area contributed by atoms with Gasteiger partial charge in [-0.3, -0.25) is 9.59 Å². The molecule has 2 N–H and O–H groups in total. The zero-order chi connectivity index (χ0) is 13.3. The maximum absolute atomic E-state index is 11.8. The second-order valence-corrected chi connectivity index (χ2v) is 4.99. The van der Waals surface area contributed by atoms with Gasteiger partial charge in [-0.15, -0.1) is 0 Å². The molecule has 4 heteroatoms. The maximum Gasteiger partial charge on any atom is 0.319 e. The van der Waals surface area contributed by atoms with Crippen LogP contribution in [0, 0.1) is 19.3 Å². The van der Waals surface area contributed by atoms with E-state index in [1.807, 2.05) is 32.0 Å². The highest BCUT2D eigenvalue weighted by Crippen LogP contribution is 2.46.